The maximum Gasteiger partial charge on any atom is 0.206 e. The Labute approximate surface area is 151 Å². The van der Waals surface area contributed by atoms with Gasteiger partial charge in [0.1, 0.15) is 0 Å². The summed E-state index contributed by atoms with van der Waals surface area (Å²) in [6.45, 7) is 1.06. The van der Waals surface area contributed by atoms with Crippen molar-refractivity contribution in [1.29, 1.82) is 0 Å². The number of hydrogen-bond acceptors (Lipinski definition) is 6. The van der Waals surface area contributed by atoms with Crippen LogP contribution in [0.2, 0.25) is 0 Å². The number of ether oxygens (including phenoxy) is 3. The van der Waals surface area contributed by atoms with E-state index in [2.05, 4.69) is 0 Å². The van der Waals surface area contributed by atoms with E-state index in [1.807, 2.05) is 12.3 Å². The van der Waals surface area contributed by atoms with Crippen molar-refractivity contribution in [3.8, 4) is 11.5 Å². The average Bonchev–Trinajstić information content (AvgIpc) is 3.16. The summed E-state index contributed by atoms with van der Waals surface area (Å²) in [7, 11) is 0. The maximum absolute atomic E-state index is 11.8. The fourth-order valence-electron chi connectivity index (χ4n) is 5.34. The van der Waals surface area contributed by atoms with Crippen LogP contribution in [0.3, 0.4) is 0 Å². The van der Waals surface area contributed by atoms with E-state index in [-0.39, 0.29) is 17.7 Å². The monoisotopic (exact) mass is 357 g/mol. The largest absolute Gasteiger partial charge is 0.504 e. The summed E-state index contributed by atoms with van der Waals surface area (Å²) in [5.41, 5.74) is 1.03. The van der Waals surface area contributed by atoms with Crippen molar-refractivity contribution in [3.05, 3.63) is 23.3 Å². The Hall–Kier alpha value is -1.63. The molecule has 0 bridgehead atoms. The van der Waals surface area contributed by atoms with Crippen LogP contribution in [-0.4, -0.2) is 53.2 Å². The van der Waals surface area contributed by atoms with E-state index < -0.39 is 17.5 Å². The Balaban J connectivity index is 1.50. The fraction of sp³-hybridized carbons (Fsp3) is 0.650. The van der Waals surface area contributed by atoms with Crippen molar-refractivity contribution in [1.82, 2.24) is 0 Å². The molecule has 6 rings (SSSR count). The first-order chi connectivity index (χ1) is 12.6. The van der Waals surface area contributed by atoms with Gasteiger partial charge in [-0.2, -0.15) is 0 Å². The number of rotatable bonds is 2. The molecule has 2 aliphatic heterocycles. The van der Waals surface area contributed by atoms with Gasteiger partial charge >= 0.3 is 0 Å². The number of aliphatic imine (C=N–C) groups is 1. The van der Waals surface area contributed by atoms with Gasteiger partial charge < -0.3 is 24.4 Å². The molecule has 2 saturated carbocycles. The number of phenolic OH excluding ortho intramolecular Hbond substituents is 1. The molecule has 5 aliphatic rings. The molecule has 0 amide bonds. The van der Waals surface area contributed by atoms with Gasteiger partial charge in [-0.05, 0) is 43.2 Å². The van der Waals surface area contributed by atoms with Gasteiger partial charge in [-0.3, -0.25) is 4.99 Å². The number of phenols is 1. The van der Waals surface area contributed by atoms with E-state index >= 15 is 0 Å². The SMILES string of the molecule is Oc1ccc2c3c1O[C@@H]1C3[C@@](O)(CCC13OCCO3)[C@H](/N=C/C1CC1)C2. The van der Waals surface area contributed by atoms with Gasteiger partial charge in [0.2, 0.25) is 5.79 Å². The zero-order valence-corrected chi connectivity index (χ0v) is 14.6. The molecule has 6 nitrogen and oxygen atoms in total. The lowest BCUT2D eigenvalue weighted by Gasteiger charge is -2.52. The molecular formula is C20H23NO5. The van der Waals surface area contributed by atoms with Crippen LogP contribution < -0.4 is 4.74 Å². The highest BCUT2D eigenvalue weighted by Gasteiger charge is 2.67. The van der Waals surface area contributed by atoms with Crippen molar-refractivity contribution in [2.24, 2.45) is 10.9 Å². The van der Waals surface area contributed by atoms with Crippen LogP contribution in [0, 0.1) is 5.92 Å². The van der Waals surface area contributed by atoms with Gasteiger partial charge in [0.25, 0.3) is 0 Å². The van der Waals surface area contributed by atoms with Gasteiger partial charge in [-0.25, -0.2) is 0 Å². The molecule has 3 fully saturated rings. The fourth-order valence-corrected chi connectivity index (χ4v) is 5.34. The maximum atomic E-state index is 11.8. The topological polar surface area (TPSA) is 80.5 Å². The van der Waals surface area contributed by atoms with E-state index in [0.717, 1.165) is 11.1 Å². The van der Waals surface area contributed by atoms with E-state index in [4.69, 9.17) is 19.2 Å². The Morgan fingerprint density at radius 2 is 1.96 bits per heavy atom. The highest BCUT2D eigenvalue weighted by atomic mass is 16.8. The van der Waals surface area contributed by atoms with Crippen LogP contribution in [0.25, 0.3) is 0 Å². The molecule has 2 heterocycles. The highest BCUT2D eigenvalue weighted by Crippen LogP contribution is 2.61. The summed E-state index contributed by atoms with van der Waals surface area (Å²) < 4.78 is 18.2. The minimum atomic E-state index is -0.997. The average molecular weight is 357 g/mol. The summed E-state index contributed by atoms with van der Waals surface area (Å²) in [6.07, 6.45) is 5.77. The zero-order valence-electron chi connectivity index (χ0n) is 14.6. The number of aromatic hydroxyl groups is 1. The number of hydrogen-bond donors (Lipinski definition) is 2. The van der Waals surface area contributed by atoms with E-state index in [1.54, 1.807) is 6.07 Å². The lowest BCUT2D eigenvalue weighted by atomic mass is 9.61. The van der Waals surface area contributed by atoms with Crippen LogP contribution in [0.5, 0.6) is 11.5 Å². The molecule has 3 aliphatic carbocycles. The molecule has 1 aromatic rings. The third kappa shape index (κ3) is 1.90. The minimum Gasteiger partial charge on any atom is -0.504 e. The van der Waals surface area contributed by atoms with Crippen LogP contribution in [0.1, 0.15) is 42.7 Å². The normalized spacial score (nSPS) is 39.3. The summed E-state index contributed by atoms with van der Waals surface area (Å²) in [4.78, 5) is 4.82. The molecule has 6 heteroatoms. The van der Waals surface area contributed by atoms with Crippen molar-refractivity contribution in [2.75, 3.05) is 13.2 Å². The van der Waals surface area contributed by atoms with Crippen LogP contribution in [0.15, 0.2) is 17.1 Å². The third-order valence-corrected chi connectivity index (χ3v) is 6.84. The molecule has 1 unspecified atom stereocenters. The zero-order chi connectivity index (χ0) is 17.5. The van der Waals surface area contributed by atoms with Crippen molar-refractivity contribution in [2.45, 2.75) is 61.6 Å². The number of benzene rings is 1. The molecule has 138 valence electrons. The molecule has 0 radical (unpaired) electrons. The summed E-state index contributed by atoms with van der Waals surface area (Å²) in [6, 6.07) is 3.43. The molecule has 4 atom stereocenters. The predicted octanol–water partition coefficient (Wildman–Crippen LogP) is 1.91. The first kappa shape index (κ1) is 15.4. The Morgan fingerprint density at radius 1 is 1.15 bits per heavy atom. The van der Waals surface area contributed by atoms with Crippen molar-refractivity contribution >= 4 is 6.21 Å². The summed E-state index contributed by atoms with van der Waals surface area (Å²) in [5, 5.41) is 22.1. The second kappa shape index (κ2) is 5.00. The number of aliphatic hydroxyl groups is 1. The van der Waals surface area contributed by atoms with Gasteiger partial charge in [0, 0.05) is 18.2 Å². The summed E-state index contributed by atoms with van der Waals surface area (Å²) >= 11 is 0. The Bertz CT molecular complexity index is 798. The van der Waals surface area contributed by atoms with Crippen molar-refractivity contribution in [3.63, 3.8) is 0 Å². The lowest BCUT2D eigenvalue weighted by Crippen LogP contribution is -2.64. The smallest absolute Gasteiger partial charge is 0.206 e. The predicted molar refractivity (Wildman–Crippen MR) is 92.8 cm³/mol. The molecular weight excluding hydrogens is 334 g/mol. The lowest BCUT2D eigenvalue weighted by molar-refractivity contribution is -0.257. The molecule has 2 N–H and O–H groups in total. The second-order valence-corrected chi connectivity index (χ2v) is 8.36. The van der Waals surface area contributed by atoms with Crippen LogP contribution in [0.4, 0.5) is 0 Å². The standard InChI is InChI=1S/C20H23NO5/c22-13-4-3-12-9-14(21-10-11-1-2-11)19(23)5-6-20(24-7-8-25-20)18-16(19)15(12)17(13)26-18/h3-4,10-11,14,16,18,22-23H,1-2,5-9H2/b21-10+/t14-,16?,18-,19-/m1/s1. The van der Waals surface area contributed by atoms with Gasteiger partial charge in [-0.15, -0.1) is 0 Å². The second-order valence-electron chi connectivity index (χ2n) is 8.36. The molecule has 26 heavy (non-hydrogen) atoms. The van der Waals surface area contributed by atoms with E-state index in [0.29, 0.717) is 44.1 Å². The number of fused-ring (bicyclic) bond motifs is 1. The molecule has 1 aromatic carbocycles. The van der Waals surface area contributed by atoms with Gasteiger partial charge in [0.05, 0.1) is 30.8 Å². The van der Waals surface area contributed by atoms with Gasteiger partial charge in [0.15, 0.2) is 17.6 Å². The summed E-state index contributed by atoms with van der Waals surface area (Å²) in [5.74, 6) is 0.0559. The number of nitrogens with zero attached hydrogens (tertiary/aromatic N) is 1. The Morgan fingerprint density at radius 3 is 2.73 bits per heavy atom. The first-order valence-electron chi connectivity index (χ1n) is 9.66. The first-order valence-corrected chi connectivity index (χ1v) is 9.66. The molecule has 0 aromatic heterocycles. The quantitative estimate of drug-likeness (QED) is 0.791. The van der Waals surface area contributed by atoms with Gasteiger partial charge in [-0.1, -0.05) is 6.07 Å². The third-order valence-electron chi connectivity index (χ3n) is 6.84. The molecule has 1 spiro atoms. The van der Waals surface area contributed by atoms with Crippen LogP contribution >= 0.6 is 0 Å². The minimum absolute atomic E-state index is 0.119. The Kier molecular flexibility index (Phi) is 2.97. The van der Waals surface area contributed by atoms with Crippen LogP contribution in [-0.2, 0) is 15.9 Å². The van der Waals surface area contributed by atoms with Crippen molar-refractivity contribution < 1.29 is 24.4 Å². The van der Waals surface area contributed by atoms with E-state index in [1.165, 1.54) is 12.8 Å². The highest BCUT2D eigenvalue weighted by molar-refractivity contribution is 5.65. The molecule has 1 saturated heterocycles. The van der Waals surface area contributed by atoms with E-state index in [9.17, 15) is 10.2 Å².